The fourth-order valence-corrected chi connectivity index (χ4v) is 3.33. The minimum absolute atomic E-state index is 0.356. The minimum atomic E-state index is 0.356. The zero-order valence-electron chi connectivity index (χ0n) is 16.2. The van der Waals surface area contributed by atoms with Gasteiger partial charge >= 0.3 is 0 Å². The molecule has 2 heterocycles. The van der Waals surface area contributed by atoms with E-state index in [4.69, 9.17) is 19.2 Å². The second-order valence-electron chi connectivity index (χ2n) is 6.81. The molecule has 1 aliphatic rings. The van der Waals surface area contributed by atoms with Crippen molar-refractivity contribution in [2.45, 2.75) is 39.3 Å². The van der Waals surface area contributed by atoms with Crippen LogP contribution in [0.5, 0.6) is 17.2 Å². The highest BCUT2D eigenvalue weighted by atomic mass is 16.5. The zero-order valence-corrected chi connectivity index (χ0v) is 16.2. The molecule has 0 N–H and O–H groups in total. The van der Waals surface area contributed by atoms with Gasteiger partial charge in [0.05, 0.1) is 21.3 Å². The maximum absolute atomic E-state index is 5.61. The summed E-state index contributed by atoms with van der Waals surface area (Å²) in [6.45, 7) is 6.82. The van der Waals surface area contributed by atoms with Crippen molar-refractivity contribution in [2.24, 2.45) is 0 Å². The molecule has 0 spiro atoms. The van der Waals surface area contributed by atoms with Gasteiger partial charge in [0, 0.05) is 55.0 Å². The predicted molar refractivity (Wildman–Crippen MR) is 100 cm³/mol. The van der Waals surface area contributed by atoms with E-state index in [-0.39, 0.29) is 0 Å². The molecule has 0 saturated heterocycles. The summed E-state index contributed by atoms with van der Waals surface area (Å²) in [6.07, 6.45) is 2.92. The van der Waals surface area contributed by atoms with E-state index < -0.39 is 0 Å². The number of aromatic nitrogens is 2. The van der Waals surface area contributed by atoms with E-state index in [0.717, 1.165) is 43.2 Å². The third-order valence-corrected chi connectivity index (χ3v) is 4.73. The summed E-state index contributed by atoms with van der Waals surface area (Å²) in [4.78, 5) is 11.6. The number of benzene rings is 1. The van der Waals surface area contributed by atoms with Crippen molar-refractivity contribution >= 4 is 0 Å². The van der Waals surface area contributed by atoms with E-state index in [9.17, 15) is 0 Å². The van der Waals surface area contributed by atoms with Crippen molar-refractivity contribution in [1.82, 2.24) is 14.9 Å². The average molecular weight is 357 g/mol. The highest BCUT2D eigenvalue weighted by Crippen LogP contribution is 2.40. The van der Waals surface area contributed by atoms with E-state index in [2.05, 4.69) is 23.7 Å². The quantitative estimate of drug-likeness (QED) is 0.791. The van der Waals surface area contributed by atoms with Crippen LogP contribution in [0.1, 0.15) is 42.4 Å². The number of rotatable bonds is 6. The van der Waals surface area contributed by atoms with Crippen LogP contribution in [-0.4, -0.2) is 42.7 Å². The Morgan fingerprint density at radius 2 is 1.85 bits per heavy atom. The monoisotopic (exact) mass is 357 g/mol. The van der Waals surface area contributed by atoms with Gasteiger partial charge in [-0.05, 0) is 6.07 Å². The normalized spacial score (nSPS) is 14.2. The van der Waals surface area contributed by atoms with Crippen molar-refractivity contribution < 1.29 is 14.2 Å². The smallest absolute Gasteiger partial charge is 0.203 e. The summed E-state index contributed by atoms with van der Waals surface area (Å²) in [5.41, 5.74) is 3.47. The van der Waals surface area contributed by atoms with Crippen molar-refractivity contribution in [3.63, 3.8) is 0 Å². The molecule has 0 aliphatic carbocycles. The van der Waals surface area contributed by atoms with Gasteiger partial charge in [-0.2, -0.15) is 0 Å². The van der Waals surface area contributed by atoms with E-state index in [0.29, 0.717) is 17.4 Å². The Kier molecular flexibility index (Phi) is 5.61. The molecule has 1 aromatic heterocycles. The van der Waals surface area contributed by atoms with Crippen LogP contribution in [-0.2, 0) is 19.5 Å². The highest BCUT2D eigenvalue weighted by Gasteiger charge is 2.22. The fourth-order valence-electron chi connectivity index (χ4n) is 3.33. The van der Waals surface area contributed by atoms with Crippen LogP contribution in [0.4, 0.5) is 0 Å². The SMILES string of the molecule is COc1ccc(CN2CCc3nc(C(C)C)ncc3C2)c(OC)c1OC. The summed E-state index contributed by atoms with van der Waals surface area (Å²) in [5.74, 6) is 3.32. The molecule has 2 aromatic rings. The molecule has 3 rings (SSSR count). The lowest BCUT2D eigenvalue weighted by atomic mass is 10.0. The molecule has 0 fully saturated rings. The molecule has 1 aromatic carbocycles. The van der Waals surface area contributed by atoms with Gasteiger partial charge in [0.2, 0.25) is 5.75 Å². The molecular weight excluding hydrogens is 330 g/mol. The van der Waals surface area contributed by atoms with Crippen molar-refractivity contribution in [3.05, 3.63) is 41.0 Å². The second-order valence-corrected chi connectivity index (χ2v) is 6.81. The standard InChI is InChI=1S/C20H27N3O3/c1-13(2)20-21-10-15-12-23(9-8-16(15)22-20)11-14-6-7-17(24-3)19(26-5)18(14)25-4/h6-7,10,13H,8-9,11-12H2,1-5H3. The van der Waals surface area contributed by atoms with E-state index in [1.165, 1.54) is 11.3 Å². The Bertz CT molecular complexity index is 777. The van der Waals surface area contributed by atoms with E-state index in [1.54, 1.807) is 21.3 Å². The van der Waals surface area contributed by atoms with Crippen molar-refractivity contribution in [3.8, 4) is 17.2 Å². The van der Waals surface area contributed by atoms with Crippen LogP contribution < -0.4 is 14.2 Å². The molecule has 0 bridgehead atoms. The molecule has 0 atom stereocenters. The van der Waals surface area contributed by atoms with Crippen LogP contribution in [0.2, 0.25) is 0 Å². The summed E-state index contributed by atoms with van der Waals surface area (Å²) in [7, 11) is 4.92. The van der Waals surface area contributed by atoms with Crippen LogP contribution in [0.3, 0.4) is 0 Å². The van der Waals surface area contributed by atoms with Crippen LogP contribution >= 0.6 is 0 Å². The Hall–Kier alpha value is -2.34. The maximum atomic E-state index is 5.61. The summed E-state index contributed by atoms with van der Waals surface area (Å²) >= 11 is 0. The van der Waals surface area contributed by atoms with Crippen LogP contribution in [0.15, 0.2) is 18.3 Å². The molecule has 0 saturated carbocycles. The molecule has 0 radical (unpaired) electrons. The lowest BCUT2D eigenvalue weighted by molar-refractivity contribution is 0.236. The summed E-state index contributed by atoms with van der Waals surface area (Å²) in [5, 5.41) is 0. The van der Waals surface area contributed by atoms with Gasteiger partial charge < -0.3 is 14.2 Å². The first kappa shape index (κ1) is 18.5. The number of methoxy groups -OCH3 is 3. The third kappa shape index (κ3) is 3.60. The zero-order chi connectivity index (χ0) is 18.7. The molecule has 0 unspecified atom stereocenters. The first-order chi connectivity index (χ1) is 12.6. The molecule has 6 heteroatoms. The predicted octanol–water partition coefficient (Wildman–Crippen LogP) is 3.18. The van der Waals surface area contributed by atoms with Gasteiger partial charge in [0.25, 0.3) is 0 Å². The van der Waals surface area contributed by atoms with Gasteiger partial charge in [0.1, 0.15) is 5.82 Å². The number of hydrogen-bond donors (Lipinski definition) is 0. The first-order valence-corrected chi connectivity index (χ1v) is 8.92. The number of ether oxygens (including phenoxy) is 3. The second kappa shape index (κ2) is 7.91. The van der Waals surface area contributed by atoms with Crippen molar-refractivity contribution in [1.29, 1.82) is 0 Å². The maximum Gasteiger partial charge on any atom is 0.203 e. The van der Waals surface area contributed by atoms with Crippen LogP contribution in [0.25, 0.3) is 0 Å². The van der Waals surface area contributed by atoms with Gasteiger partial charge in [-0.1, -0.05) is 19.9 Å². The topological polar surface area (TPSA) is 56.7 Å². The van der Waals surface area contributed by atoms with E-state index >= 15 is 0 Å². The van der Waals surface area contributed by atoms with Crippen molar-refractivity contribution in [2.75, 3.05) is 27.9 Å². The summed E-state index contributed by atoms with van der Waals surface area (Å²) < 4.78 is 16.5. The fraction of sp³-hybridized carbons (Fsp3) is 0.500. The number of hydrogen-bond acceptors (Lipinski definition) is 6. The Labute approximate surface area is 155 Å². The Morgan fingerprint density at radius 1 is 1.08 bits per heavy atom. The van der Waals surface area contributed by atoms with Crippen LogP contribution in [0, 0.1) is 0 Å². The molecule has 1 aliphatic heterocycles. The van der Waals surface area contributed by atoms with Gasteiger partial charge in [-0.3, -0.25) is 4.90 Å². The van der Waals surface area contributed by atoms with E-state index in [1.807, 2.05) is 18.3 Å². The first-order valence-electron chi connectivity index (χ1n) is 8.92. The highest BCUT2D eigenvalue weighted by molar-refractivity contribution is 5.55. The summed E-state index contributed by atoms with van der Waals surface area (Å²) in [6, 6.07) is 3.96. The largest absolute Gasteiger partial charge is 0.493 e. The lowest BCUT2D eigenvalue weighted by Crippen LogP contribution is -2.31. The minimum Gasteiger partial charge on any atom is -0.493 e. The molecule has 6 nitrogen and oxygen atoms in total. The molecule has 26 heavy (non-hydrogen) atoms. The third-order valence-electron chi connectivity index (χ3n) is 4.73. The molecule has 140 valence electrons. The number of nitrogens with zero attached hydrogens (tertiary/aromatic N) is 3. The Balaban J connectivity index is 1.80. The molecule has 0 amide bonds. The number of fused-ring (bicyclic) bond motifs is 1. The van der Waals surface area contributed by atoms with Gasteiger partial charge in [-0.25, -0.2) is 9.97 Å². The lowest BCUT2D eigenvalue weighted by Gasteiger charge is -2.29. The molecular formula is C20H27N3O3. The average Bonchev–Trinajstić information content (AvgIpc) is 2.66. The van der Waals surface area contributed by atoms with Gasteiger partial charge in [0.15, 0.2) is 11.5 Å². The Morgan fingerprint density at radius 3 is 2.50 bits per heavy atom. The van der Waals surface area contributed by atoms with Gasteiger partial charge in [-0.15, -0.1) is 0 Å².